The number of ether oxygens (including phenoxy) is 1. The Kier molecular flexibility index (Phi) is 4.53. The van der Waals surface area contributed by atoms with Crippen LogP contribution in [0.3, 0.4) is 0 Å². The third-order valence-electron chi connectivity index (χ3n) is 3.06. The summed E-state index contributed by atoms with van der Waals surface area (Å²) in [5.41, 5.74) is 7.93. The Labute approximate surface area is 114 Å². The topological polar surface area (TPSA) is 48.1 Å². The average molecular weight is 256 g/mol. The van der Waals surface area contributed by atoms with Gasteiger partial charge in [-0.25, -0.2) is 0 Å². The maximum Gasteiger partial charge on any atom is 0.153 e. The van der Waals surface area contributed by atoms with Crippen LogP contribution in [0, 0.1) is 0 Å². The molecule has 100 valence electrons. The second-order valence-corrected chi connectivity index (χ2v) is 4.82. The molecule has 0 aliphatic rings. The van der Waals surface area contributed by atoms with E-state index in [2.05, 4.69) is 31.0 Å². The molecule has 0 saturated carbocycles. The van der Waals surface area contributed by atoms with Gasteiger partial charge in [-0.3, -0.25) is 4.98 Å². The van der Waals surface area contributed by atoms with Gasteiger partial charge < -0.3 is 10.5 Å². The van der Waals surface area contributed by atoms with Crippen molar-refractivity contribution in [2.75, 3.05) is 6.54 Å². The maximum absolute atomic E-state index is 5.90. The van der Waals surface area contributed by atoms with Crippen molar-refractivity contribution in [1.29, 1.82) is 0 Å². The molecule has 1 heterocycles. The first-order chi connectivity index (χ1) is 9.20. The van der Waals surface area contributed by atoms with Crippen molar-refractivity contribution < 1.29 is 4.74 Å². The van der Waals surface area contributed by atoms with Gasteiger partial charge in [0.1, 0.15) is 5.75 Å². The first-order valence-electron chi connectivity index (χ1n) is 6.58. The lowest BCUT2D eigenvalue weighted by molar-refractivity contribution is 0.209. The van der Waals surface area contributed by atoms with Crippen molar-refractivity contribution in [3.05, 3.63) is 59.9 Å². The Hall–Kier alpha value is -1.87. The van der Waals surface area contributed by atoms with E-state index in [1.807, 2.05) is 30.3 Å². The summed E-state index contributed by atoms with van der Waals surface area (Å²) < 4.78 is 5.90. The molecule has 1 aromatic carbocycles. The zero-order valence-corrected chi connectivity index (χ0v) is 11.4. The number of benzene rings is 1. The fourth-order valence-corrected chi connectivity index (χ4v) is 1.89. The monoisotopic (exact) mass is 256 g/mol. The van der Waals surface area contributed by atoms with E-state index in [0.717, 1.165) is 11.4 Å². The Balaban J connectivity index is 2.10. The predicted octanol–water partition coefficient (Wildman–Crippen LogP) is 3.28. The van der Waals surface area contributed by atoms with Crippen LogP contribution in [0.15, 0.2) is 48.7 Å². The normalized spacial score (nSPS) is 12.4. The molecule has 0 amide bonds. The Morgan fingerprint density at radius 2 is 1.84 bits per heavy atom. The molecule has 2 aromatic rings. The second-order valence-electron chi connectivity index (χ2n) is 4.82. The molecule has 19 heavy (non-hydrogen) atoms. The van der Waals surface area contributed by atoms with Crippen LogP contribution in [0.25, 0.3) is 0 Å². The van der Waals surface area contributed by atoms with Crippen molar-refractivity contribution in [2.24, 2.45) is 5.73 Å². The summed E-state index contributed by atoms with van der Waals surface area (Å²) in [5.74, 6) is 1.35. The van der Waals surface area contributed by atoms with Gasteiger partial charge in [0.2, 0.25) is 0 Å². The largest absolute Gasteiger partial charge is 0.483 e. The Morgan fingerprint density at radius 3 is 2.37 bits per heavy atom. The van der Waals surface area contributed by atoms with E-state index >= 15 is 0 Å². The third-order valence-corrected chi connectivity index (χ3v) is 3.06. The van der Waals surface area contributed by atoms with Crippen LogP contribution in [-0.4, -0.2) is 11.5 Å². The fourth-order valence-electron chi connectivity index (χ4n) is 1.89. The molecule has 0 aliphatic carbocycles. The van der Waals surface area contributed by atoms with Crippen LogP contribution >= 0.6 is 0 Å². The molecule has 2 rings (SSSR count). The summed E-state index contributed by atoms with van der Waals surface area (Å²) >= 11 is 0. The van der Waals surface area contributed by atoms with Crippen molar-refractivity contribution in [3.8, 4) is 5.75 Å². The SMILES string of the molecule is CC(C)c1ccc(OC(CN)c2ccccn2)cc1. The summed E-state index contributed by atoms with van der Waals surface area (Å²) in [6.45, 7) is 4.75. The molecule has 1 atom stereocenters. The molecule has 0 bridgehead atoms. The van der Waals surface area contributed by atoms with E-state index in [1.54, 1.807) is 6.20 Å². The summed E-state index contributed by atoms with van der Waals surface area (Å²) in [6.07, 6.45) is 1.55. The van der Waals surface area contributed by atoms with Crippen LogP contribution in [0.2, 0.25) is 0 Å². The summed E-state index contributed by atoms with van der Waals surface area (Å²) in [7, 11) is 0. The lowest BCUT2D eigenvalue weighted by Crippen LogP contribution is -2.19. The van der Waals surface area contributed by atoms with Crippen LogP contribution in [0.1, 0.15) is 37.1 Å². The first kappa shape index (κ1) is 13.6. The minimum Gasteiger partial charge on any atom is -0.483 e. The van der Waals surface area contributed by atoms with Gasteiger partial charge in [0.25, 0.3) is 0 Å². The van der Waals surface area contributed by atoms with E-state index < -0.39 is 0 Å². The maximum atomic E-state index is 5.90. The van der Waals surface area contributed by atoms with Crippen molar-refractivity contribution in [2.45, 2.75) is 25.9 Å². The van der Waals surface area contributed by atoms with Gasteiger partial charge >= 0.3 is 0 Å². The molecule has 0 aliphatic heterocycles. The fraction of sp³-hybridized carbons (Fsp3) is 0.312. The highest BCUT2D eigenvalue weighted by Crippen LogP contribution is 2.22. The van der Waals surface area contributed by atoms with E-state index in [9.17, 15) is 0 Å². The van der Waals surface area contributed by atoms with E-state index in [0.29, 0.717) is 12.5 Å². The second kappa shape index (κ2) is 6.34. The van der Waals surface area contributed by atoms with Gasteiger partial charge in [0.15, 0.2) is 6.10 Å². The van der Waals surface area contributed by atoms with E-state index in [4.69, 9.17) is 10.5 Å². The number of nitrogens with two attached hydrogens (primary N) is 1. The highest BCUT2D eigenvalue weighted by molar-refractivity contribution is 5.29. The quantitative estimate of drug-likeness (QED) is 0.893. The lowest BCUT2D eigenvalue weighted by atomic mass is 10.0. The van der Waals surface area contributed by atoms with Crippen LogP contribution in [-0.2, 0) is 0 Å². The molecule has 0 saturated heterocycles. The highest BCUT2D eigenvalue weighted by Gasteiger charge is 2.12. The zero-order chi connectivity index (χ0) is 13.7. The Bertz CT molecular complexity index is 494. The van der Waals surface area contributed by atoms with Crippen molar-refractivity contribution in [3.63, 3.8) is 0 Å². The number of hydrogen-bond acceptors (Lipinski definition) is 3. The van der Waals surface area contributed by atoms with Gasteiger partial charge in [0, 0.05) is 12.7 Å². The number of hydrogen-bond donors (Lipinski definition) is 1. The molecule has 1 aromatic heterocycles. The van der Waals surface area contributed by atoms with Crippen molar-refractivity contribution >= 4 is 0 Å². The highest BCUT2D eigenvalue weighted by atomic mass is 16.5. The molecule has 1 unspecified atom stereocenters. The predicted molar refractivity (Wildman–Crippen MR) is 77.2 cm³/mol. The van der Waals surface area contributed by atoms with Gasteiger partial charge in [0.05, 0.1) is 5.69 Å². The molecule has 0 radical (unpaired) electrons. The first-order valence-corrected chi connectivity index (χ1v) is 6.58. The minimum absolute atomic E-state index is 0.203. The summed E-state index contributed by atoms with van der Waals surface area (Å²) in [5, 5.41) is 0. The number of nitrogens with zero attached hydrogens (tertiary/aromatic N) is 1. The number of aromatic nitrogens is 1. The third kappa shape index (κ3) is 3.55. The zero-order valence-electron chi connectivity index (χ0n) is 11.4. The molecule has 0 fully saturated rings. The molecular weight excluding hydrogens is 236 g/mol. The minimum atomic E-state index is -0.203. The van der Waals surface area contributed by atoms with Crippen LogP contribution < -0.4 is 10.5 Å². The van der Waals surface area contributed by atoms with E-state index in [1.165, 1.54) is 5.56 Å². The van der Waals surface area contributed by atoms with E-state index in [-0.39, 0.29) is 6.10 Å². The van der Waals surface area contributed by atoms with Crippen LogP contribution in [0.4, 0.5) is 0 Å². The number of pyridine rings is 1. The Morgan fingerprint density at radius 1 is 1.11 bits per heavy atom. The van der Waals surface area contributed by atoms with Crippen LogP contribution in [0.5, 0.6) is 5.75 Å². The number of rotatable bonds is 5. The molecule has 3 heteroatoms. The molecule has 2 N–H and O–H groups in total. The molecular formula is C16H20N2O. The summed E-state index contributed by atoms with van der Waals surface area (Å²) in [6, 6.07) is 13.9. The standard InChI is InChI=1S/C16H20N2O/c1-12(2)13-6-8-14(9-7-13)19-16(11-17)15-5-3-4-10-18-15/h3-10,12,16H,11,17H2,1-2H3. The smallest absolute Gasteiger partial charge is 0.153 e. The van der Waals surface area contributed by atoms with Gasteiger partial charge in [-0.2, -0.15) is 0 Å². The average Bonchev–Trinajstić information content (AvgIpc) is 2.46. The van der Waals surface area contributed by atoms with Crippen molar-refractivity contribution in [1.82, 2.24) is 4.98 Å². The van der Waals surface area contributed by atoms with Gasteiger partial charge in [-0.1, -0.05) is 32.0 Å². The lowest BCUT2D eigenvalue weighted by Gasteiger charge is -2.17. The van der Waals surface area contributed by atoms with Gasteiger partial charge in [-0.05, 0) is 35.7 Å². The molecule has 0 spiro atoms. The summed E-state index contributed by atoms with van der Waals surface area (Å²) in [4.78, 5) is 4.29. The molecule has 3 nitrogen and oxygen atoms in total. The van der Waals surface area contributed by atoms with Gasteiger partial charge in [-0.15, -0.1) is 0 Å².